The molecule has 3 heteroatoms. The highest BCUT2D eigenvalue weighted by atomic mass is 16.5. The Balaban J connectivity index is 1.94. The van der Waals surface area contributed by atoms with Gasteiger partial charge < -0.3 is 15.2 Å². The van der Waals surface area contributed by atoms with Crippen LogP contribution in [0.5, 0.6) is 5.75 Å². The molecule has 2 unspecified atom stereocenters. The van der Waals surface area contributed by atoms with Gasteiger partial charge in [-0.3, -0.25) is 0 Å². The number of hydrogen-bond acceptors (Lipinski definition) is 3. The Hall–Kier alpha value is -1.06. The lowest BCUT2D eigenvalue weighted by Gasteiger charge is -2.16. The summed E-state index contributed by atoms with van der Waals surface area (Å²) >= 11 is 0. The minimum atomic E-state index is 0.190. The van der Waals surface area contributed by atoms with Crippen LogP contribution in [0.3, 0.4) is 0 Å². The second-order valence-electron chi connectivity index (χ2n) is 5.68. The highest BCUT2D eigenvalue weighted by molar-refractivity contribution is 5.37. The van der Waals surface area contributed by atoms with Gasteiger partial charge in [0, 0.05) is 6.54 Å². The highest BCUT2D eigenvalue weighted by Crippen LogP contribution is 2.26. The van der Waals surface area contributed by atoms with E-state index < -0.39 is 0 Å². The van der Waals surface area contributed by atoms with E-state index in [1.807, 2.05) is 0 Å². The molecule has 2 atom stereocenters. The van der Waals surface area contributed by atoms with Crippen LogP contribution in [0.25, 0.3) is 0 Å². The Morgan fingerprint density at radius 2 is 2.05 bits per heavy atom. The third-order valence-electron chi connectivity index (χ3n) is 3.76. The first kappa shape index (κ1) is 14.4. The molecular formula is C16H25NO2. The summed E-state index contributed by atoms with van der Waals surface area (Å²) in [6.45, 7) is 7.70. The van der Waals surface area contributed by atoms with Crippen molar-refractivity contribution in [2.45, 2.75) is 51.7 Å². The number of aryl methyl sites for hydroxylation is 1. The molecule has 3 nitrogen and oxygen atoms in total. The normalized spacial score (nSPS) is 23.0. The molecule has 1 saturated heterocycles. The molecule has 1 aliphatic heterocycles. The molecule has 1 heterocycles. The van der Waals surface area contributed by atoms with Crippen LogP contribution in [0, 0.1) is 6.92 Å². The van der Waals surface area contributed by atoms with Crippen LogP contribution >= 0.6 is 0 Å². The van der Waals surface area contributed by atoms with Gasteiger partial charge >= 0.3 is 0 Å². The van der Waals surface area contributed by atoms with Crippen molar-refractivity contribution < 1.29 is 9.47 Å². The maximum Gasteiger partial charge on any atom is 0.122 e. The summed E-state index contributed by atoms with van der Waals surface area (Å²) in [6, 6.07) is 6.45. The first-order valence-corrected chi connectivity index (χ1v) is 7.19. The fraction of sp³-hybridized carbons (Fsp3) is 0.625. The lowest BCUT2D eigenvalue weighted by molar-refractivity contribution is 0.0220. The standard InChI is InChI=1S/C16H25NO2/c1-11(2)13-5-4-12(3)16(8-13)18-10-15-7-6-14(9-17)19-15/h4-5,8,11,14-15H,6-7,9-10,17H2,1-3H3. The van der Waals surface area contributed by atoms with E-state index in [1.165, 1.54) is 11.1 Å². The van der Waals surface area contributed by atoms with Gasteiger partial charge in [0.2, 0.25) is 0 Å². The van der Waals surface area contributed by atoms with E-state index in [0.29, 0.717) is 19.1 Å². The second-order valence-corrected chi connectivity index (χ2v) is 5.68. The summed E-state index contributed by atoms with van der Waals surface area (Å²) in [6.07, 6.45) is 2.51. The average Bonchev–Trinajstić information content (AvgIpc) is 2.85. The van der Waals surface area contributed by atoms with Gasteiger partial charge in [0.05, 0.1) is 12.2 Å². The third kappa shape index (κ3) is 3.71. The molecule has 0 radical (unpaired) electrons. The maximum atomic E-state index is 5.94. The van der Waals surface area contributed by atoms with Crippen LogP contribution in [-0.2, 0) is 4.74 Å². The molecule has 0 aromatic heterocycles. The highest BCUT2D eigenvalue weighted by Gasteiger charge is 2.24. The number of rotatable bonds is 5. The van der Waals surface area contributed by atoms with E-state index in [-0.39, 0.29) is 12.2 Å². The third-order valence-corrected chi connectivity index (χ3v) is 3.76. The first-order valence-electron chi connectivity index (χ1n) is 7.19. The van der Waals surface area contributed by atoms with Gasteiger partial charge in [0.15, 0.2) is 0 Å². The Morgan fingerprint density at radius 3 is 2.68 bits per heavy atom. The number of benzene rings is 1. The molecular weight excluding hydrogens is 238 g/mol. The van der Waals surface area contributed by atoms with Crippen LogP contribution in [0.15, 0.2) is 18.2 Å². The Labute approximate surface area is 116 Å². The molecule has 0 spiro atoms. The van der Waals surface area contributed by atoms with Gasteiger partial charge in [0.1, 0.15) is 12.4 Å². The summed E-state index contributed by atoms with van der Waals surface area (Å²) in [5.41, 5.74) is 8.11. The molecule has 1 aromatic carbocycles. The zero-order chi connectivity index (χ0) is 13.8. The molecule has 0 bridgehead atoms. The molecule has 1 aliphatic rings. The van der Waals surface area contributed by atoms with E-state index >= 15 is 0 Å². The van der Waals surface area contributed by atoms with Gasteiger partial charge in [-0.1, -0.05) is 26.0 Å². The minimum absolute atomic E-state index is 0.190. The summed E-state index contributed by atoms with van der Waals surface area (Å²) < 4.78 is 11.7. The molecule has 0 amide bonds. The number of hydrogen-bond donors (Lipinski definition) is 1. The van der Waals surface area contributed by atoms with E-state index in [1.54, 1.807) is 0 Å². The van der Waals surface area contributed by atoms with Crippen LogP contribution in [0.1, 0.15) is 43.7 Å². The Morgan fingerprint density at radius 1 is 1.32 bits per heavy atom. The molecule has 19 heavy (non-hydrogen) atoms. The van der Waals surface area contributed by atoms with Crippen LogP contribution in [0.4, 0.5) is 0 Å². The van der Waals surface area contributed by atoms with Crippen molar-refractivity contribution in [1.29, 1.82) is 0 Å². The number of nitrogens with two attached hydrogens (primary N) is 1. The van der Waals surface area contributed by atoms with Crippen molar-refractivity contribution in [2.75, 3.05) is 13.2 Å². The lowest BCUT2D eigenvalue weighted by Crippen LogP contribution is -2.23. The van der Waals surface area contributed by atoms with Crippen LogP contribution in [0.2, 0.25) is 0 Å². The molecule has 0 saturated carbocycles. The molecule has 2 rings (SSSR count). The zero-order valence-electron chi connectivity index (χ0n) is 12.2. The average molecular weight is 263 g/mol. The van der Waals surface area contributed by atoms with Gasteiger partial charge in [-0.2, -0.15) is 0 Å². The van der Waals surface area contributed by atoms with E-state index in [0.717, 1.165) is 18.6 Å². The summed E-state index contributed by atoms with van der Waals surface area (Å²) in [5, 5.41) is 0. The fourth-order valence-electron chi connectivity index (χ4n) is 2.39. The van der Waals surface area contributed by atoms with Crippen molar-refractivity contribution >= 4 is 0 Å². The Kier molecular flexibility index (Phi) is 4.83. The SMILES string of the molecule is Cc1ccc(C(C)C)cc1OCC1CCC(CN)O1. The fourth-order valence-corrected chi connectivity index (χ4v) is 2.39. The van der Waals surface area contributed by atoms with E-state index in [9.17, 15) is 0 Å². The zero-order valence-corrected chi connectivity index (χ0v) is 12.2. The predicted molar refractivity (Wildman–Crippen MR) is 77.7 cm³/mol. The van der Waals surface area contributed by atoms with Gasteiger partial charge in [-0.15, -0.1) is 0 Å². The first-order chi connectivity index (χ1) is 9.10. The molecule has 106 valence electrons. The van der Waals surface area contributed by atoms with Gasteiger partial charge in [0.25, 0.3) is 0 Å². The van der Waals surface area contributed by atoms with Crippen LogP contribution in [-0.4, -0.2) is 25.4 Å². The summed E-state index contributed by atoms with van der Waals surface area (Å²) in [5.74, 6) is 1.50. The minimum Gasteiger partial charge on any atom is -0.491 e. The topological polar surface area (TPSA) is 44.5 Å². The quantitative estimate of drug-likeness (QED) is 0.888. The van der Waals surface area contributed by atoms with Crippen molar-refractivity contribution in [3.05, 3.63) is 29.3 Å². The smallest absolute Gasteiger partial charge is 0.122 e. The summed E-state index contributed by atoms with van der Waals surface area (Å²) in [4.78, 5) is 0. The number of ether oxygens (including phenoxy) is 2. The lowest BCUT2D eigenvalue weighted by atomic mass is 10.0. The second kappa shape index (κ2) is 6.40. The predicted octanol–water partition coefficient (Wildman–Crippen LogP) is 3.00. The molecule has 0 aliphatic carbocycles. The van der Waals surface area contributed by atoms with E-state index in [2.05, 4.69) is 39.0 Å². The molecule has 1 fully saturated rings. The van der Waals surface area contributed by atoms with Crippen molar-refractivity contribution in [3.8, 4) is 5.75 Å². The summed E-state index contributed by atoms with van der Waals surface area (Å²) in [7, 11) is 0. The van der Waals surface area contributed by atoms with Crippen molar-refractivity contribution in [2.24, 2.45) is 5.73 Å². The van der Waals surface area contributed by atoms with Crippen molar-refractivity contribution in [1.82, 2.24) is 0 Å². The van der Waals surface area contributed by atoms with E-state index in [4.69, 9.17) is 15.2 Å². The van der Waals surface area contributed by atoms with Gasteiger partial charge in [-0.05, 0) is 42.9 Å². The monoisotopic (exact) mass is 263 g/mol. The largest absolute Gasteiger partial charge is 0.491 e. The molecule has 1 aromatic rings. The van der Waals surface area contributed by atoms with Gasteiger partial charge in [-0.25, -0.2) is 0 Å². The maximum absolute atomic E-state index is 5.94. The molecule has 2 N–H and O–H groups in total. The Bertz CT molecular complexity index is 417. The van der Waals surface area contributed by atoms with Crippen molar-refractivity contribution in [3.63, 3.8) is 0 Å². The van der Waals surface area contributed by atoms with Crippen LogP contribution < -0.4 is 10.5 Å².